The zero-order valence-electron chi connectivity index (χ0n) is 15.5. The van der Waals surface area contributed by atoms with Gasteiger partial charge in [0.15, 0.2) is 0 Å². The van der Waals surface area contributed by atoms with Gasteiger partial charge in [-0.15, -0.1) is 0 Å². The van der Waals surface area contributed by atoms with Crippen LogP contribution in [0.4, 0.5) is 10.5 Å². The summed E-state index contributed by atoms with van der Waals surface area (Å²) >= 11 is 0. The molecule has 138 valence electrons. The van der Waals surface area contributed by atoms with Crippen LogP contribution in [0.2, 0.25) is 0 Å². The molecule has 2 aromatic rings. The second-order valence-corrected chi connectivity index (χ2v) is 6.29. The van der Waals surface area contributed by atoms with Crippen molar-refractivity contribution in [2.24, 2.45) is 5.73 Å². The van der Waals surface area contributed by atoms with Crippen molar-refractivity contribution in [3.8, 4) is 0 Å². The molecule has 26 heavy (non-hydrogen) atoms. The van der Waals surface area contributed by atoms with Gasteiger partial charge in [-0.25, -0.2) is 4.79 Å². The molecule has 0 aromatic heterocycles. The molecule has 0 aliphatic heterocycles. The Balaban J connectivity index is 2.10. The minimum absolute atomic E-state index is 0.0920. The maximum absolute atomic E-state index is 12.6. The molecule has 0 radical (unpaired) electrons. The van der Waals surface area contributed by atoms with Gasteiger partial charge >= 0.3 is 6.03 Å². The molecule has 0 unspecified atom stereocenters. The van der Waals surface area contributed by atoms with Gasteiger partial charge in [0.25, 0.3) is 0 Å². The maximum Gasteiger partial charge on any atom is 0.312 e. The Morgan fingerprint density at radius 1 is 1.08 bits per heavy atom. The van der Waals surface area contributed by atoms with Crippen LogP contribution in [0.25, 0.3) is 0 Å². The number of aryl methyl sites for hydroxylation is 2. The number of anilines is 1. The fourth-order valence-electron chi connectivity index (χ4n) is 2.74. The van der Waals surface area contributed by atoms with Gasteiger partial charge in [0, 0.05) is 6.54 Å². The van der Waals surface area contributed by atoms with E-state index in [4.69, 9.17) is 5.73 Å². The molecule has 0 saturated carbocycles. The summed E-state index contributed by atoms with van der Waals surface area (Å²) in [4.78, 5) is 23.9. The summed E-state index contributed by atoms with van der Waals surface area (Å²) in [6, 6.07) is 14.4. The number of hydrogen-bond donors (Lipinski definition) is 3. The highest BCUT2D eigenvalue weighted by Gasteiger charge is 2.19. The molecule has 0 spiro atoms. The van der Waals surface area contributed by atoms with E-state index >= 15 is 0 Å². The number of amides is 3. The van der Waals surface area contributed by atoms with Gasteiger partial charge in [-0.1, -0.05) is 47.5 Å². The first-order valence-corrected chi connectivity index (χ1v) is 8.65. The smallest absolute Gasteiger partial charge is 0.312 e. The van der Waals surface area contributed by atoms with E-state index in [2.05, 4.69) is 10.7 Å². The number of carbonyl (C=O) groups is 2. The monoisotopic (exact) mass is 354 g/mol. The van der Waals surface area contributed by atoms with Crippen molar-refractivity contribution in [1.29, 1.82) is 0 Å². The van der Waals surface area contributed by atoms with Gasteiger partial charge in [-0.3, -0.25) is 15.2 Å². The topological polar surface area (TPSA) is 87.5 Å². The van der Waals surface area contributed by atoms with E-state index in [1.165, 1.54) is 0 Å². The van der Waals surface area contributed by atoms with Crippen LogP contribution in [0.3, 0.4) is 0 Å². The lowest BCUT2D eigenvalue weighted by Gasteiger charge is -2.25. The number of benzene rings is 2. The van der Waals surface area contributed by atoms with Crippen molar-refractivity contribution < 1.29 is 9.59 Å². The van der Waals surface area contributed by atoms with Crippen molar-refractivity contribution in [3.63, 3.8) is 0 Å². The zero-order valence-corrected chi connectivity index (χ0v) is 15.5. The molecule has 0 bridgehead atoms. The summed E-state index contributed by atoms with van der Waals surface area (Å²) < 4.78 is 0. The van der Waals surface area contributed by atoms with Crippen molar-refractivity contribution in [2.45, 2.75) is 33.2 Å². The van der Waals surface area contributed by atoms with E-state index < -0.39 is 12.1 Å². The number of nitrogens with zero attached hydrogens (tertiary/aromatic N) is 1. The predicted octanol–water partition coefficient (Wildman–Crippen LogP) is 2.96. The molecule has 0 fully saturated rings. The van der Waals surface area contributed by atoms with Crippen molar-refractivity contribution >= 4 is 17.6 Å². The summed E-state index contributed by atoms with van der Waals surface area (Å²) in [5, 5.41) is 4.43. The van der Waals surface area contributed by atoms with Gasteiger partial charge in [0.05, 0.1) is 18.2 Å². The highest BCUT2D eigenvalue weighted by atomic mass is 16.2. The number of carbonyl (C=O) groups excluding carboxylic acids is 2. The lowest BCUT2D eigenvalue weighted by Crippen LogP contribution is -2.44. The van der Waals surface area contributed by atoms with Gasteiger partial charge in [0.2, 0.25) is 5.91 Å². The van der Waals surface area contributed by atoms with Crippen LogP contribution in [0.5, 0.6) is 0 Å². The number of rotatable bonds is 7. The second-order valence-electron chi connectivity index (χ2n) is 6.29. The average Bonchev–Trinajstić information content (AvgIpc) is 2.59. The molecule has 3 amide bonds. The Hall–Kier alpha value is -3.02. The minimum atomic E-state index is -0.657. The maximum atomic E-state index is 12.6. The Morgan fingerprint density at radius 2 is 1.77 bits per heavy atom. The molecule has 1 atom stereocenters. The van der Waals surface area contributed by atoms with E-state index in [1.807, 2.05) is 69.3 Å². The minimum Gasteiger partial charge on any atom is -0.352 e. The number of nitrogens with one attached hydrogen (secondary N) is 2. The third-order valence-corrected chi connectivity index (χ3v) is 4.07. The molecule has 6 heteroatoms. The molecule has 2 aromatic carbocycles. The SMILES string of the molecule is CCN(NC(=O)C[C@@H](NC(N)=O)c1cccc(C)c1)c1ccc(C)cc1. The average molecular weight is 354 g/mol. The summed E-state index contributed by atoms with van der Waals surface area (Å²) in [6.07, 6.45) is 0.0920. The van der Waals surface area contributed by atoms with Crippen LogP contribution in [0, 0.1) is 13.8 Å². The van der Waals surface area contributed by atoms with Crippen LogP contribution < -0.4 is 21.5 Å². The molecule has 0 heterocycles. The van der Waals surface area contributed by atoms with Crippen LogP contribution >= 0.6 is 0 Å². The number of hydrazine groups is 1. The fourth-order valence-corrected chi connectivity index (χ4v) is 2.74. The lowest BCUT2D eigenvalue weighted by atomic mass is 10.0. The van der Waals surface area contributed by atoms with Crippen LogP contribution in [0.1, 0.15) is 36.1 Å². The van der Waals surface area contributed by atoms with Gasteiger partial charge in [-0.05, 0) is 38.5 Å². The van der Waals surface area contributed by atoms with Gasteiger partial charge in [-0.2, -0.15) is 0 Å². The Labute approximate surface area is 154 Å². The van der Waals surface area contributed by atoms with Gasteiger partial charge in [0.1, 0.15) is 0 Å². The van der Waals surface area contributed by atoms with Crippen LogP contribution in [0.15, 0.2) is 48.5 Å². The molecule has 2 rings (SSSR count). The van der Waals surface area contributed by atoms with Crippen LogP contribution in [-0.4, -0.2) is 18.5 Å². The van der Waals surface area contributed by atoms with Crippen molar-refractivity contribution in [3.05, 3.63) is 65.2 Å². The molecule has 0 saturated heterocycles. The number of urea groups is 1. The van der Waals surface area contributed by atoms with E-state index in [0.29, 0.717) is 6.54 Å². The standard InChI is InChI=1S/C20H26N4O2/c1-4-24(17-10-8-14(2)9-11-17)23-19(25)13-18(22-20(21)26)16-7-5-6-15(3)12-16/h5-12,18H,4,13H2,1-3H3,(H,23,25)(H3,21,22,26)/t18-/m1/s1. The molecule has 6 nitrogen and oxygen atoms in total. The molecule has 0 aliphatic carbocycles. The number of nitrogens with two attached hydrogens (primary N) is 1. The number of primary amides is 1. The molecule has 0 aliphatic rings. The third-order valence-electron chi connectivity index (χ3n) is 4.07. The Kier molecular flexibility index (Phi) is 6.60. The first-order chi connectivity index (χ1) is 12.4. The highest BCUT2D eigenvalue weighted by molar-refractivity contribution is 5.80. The molecule has 4 N–H and O–H groups in total. The highest BCUT2D eigenvalue weighted by Crippen LogP contribution is 2.19. The zero-order chi connectivity index (χ0) is 19.1. The summed E-state index contributed by atoms with van der Waals surface area (Å²) in [7, 11) is 0. The van der Waals surface area contributed by atoms with E-state index in [9.17, 15) is 9.59 Å². The first-order valence-electron chi connectivity index (χ1n) is 8.65. The molecular formula is C20H26N4O2. The predicted molar refractivity (Wildman–Crippen MR) is 104 cm³/mol. The first kappa shape index (κ1) is 19.3. The lowest BCUT2D eigenvalue weighted by molar-refractivity contribution is -0.121. The fraction of sp³-hybridized carbons (Fsp3) is 0.300. The third kappa shape index (κ3) is 5.51. The summed E-state index contributed by atoms with van der Waals surface area (Å²) in [6.45, 7) is 6.55. The Bertz CT molecular complexity index is 759. The van der Waals surface area contributed by atoms with E-state index in [0.717, 1.165) is 22.4 Å². The van der Waals surface area contributed by atoms with Crippen molar-refractivity contribution in [1.82, 2.24) is 10.7 Å². The van der Waals surface area contributed by atoms with E-state index in [1.54, 1.807) is 5.01 Å². The van der Waals surface area contributed by atoms with E-state index in [-0.39, 0.29) is 12.3 Å². The largest absolute Gasteiger partial charge is 0.352 e. The van der Waals surface area contributed by atoms with Crippen molar-refractivity contribution in [2.75, 3.05) is 11.6 Å². The normalized spacial score (nSPS) is 11.5. The summed E-state index contributed by atoms with van der Waals surface area (Å²) in [5.41, 5.74) is 12.1. The molecular weight excluding hydrogens is 328 g/mol. The quantitative estimate of drug-likeness (QED) is 0.668. The number of hydrogen-bond acceptors (Lipinski definition) is 3. The summed E-state index contributed by atoms with van der Waals surface area (Å²) in [5.74, 6) is -0.201. The second kappa shape index (κ2) is 8.89. The Morgan fingerprint density at radius 3 is 2.35 bits per heavy atom. The van der Waals surface area contributed by atoms with Gasteiger partial charge < -0.3 is 11.1 Å². The van der Waals surface area contributed by atoms with Crippen LogP contribution in [-0.2, 0) is 4.79 Å².